The Morgan fingerprint density at radius 2 is 1.89 bits per heavy atom. The number of fused-ring (bicyclic) bond motifs is 1. The number of carbonyl (C=O) groups excluding carboxylic acids is 1. The number of para-hydroxylation sites is 1. The van der Waals surface area contributed by atoms with Gasteiger partial charge in [-0.2, -0.15) is 0 Å². The van der Waals surface area contributed by atoms with E-state index in [0.29, 0.717) is 39.4 Å². The van der Waals surface area contributed by atoms with E-state index < -0.39 is 6.04 Å². The molecule has 37 heavy (non-hydrogen) atoms. The topological polar surface area (TPSA) is 67.1 Å². The summed E-state index contributed by atoms with van der Waals surface area (Å²) in [4.78, 5) is 36.7. The van der Waals surface area contributed by atoms with Crippen LogP contribution in [0, 0.1) is 0 Å². The quantitative estimate of drug-likeness (QED) is 0.423. The van der Waals surface area contributed by atoms with Crippen molar-refractivity contribution in [2.45, 2.75) is 26.8 Å². The van der Waals surface area contributed by atoms with Crippen molar-refractivity contribution in [3.05, 3.63) is 89.0 Å². The lowest BCUT2D eigenvalue weighted by Crippen LogP contribution is -2.43. The van der Waals surface area contributed by atoms with Gasteiger partial charge in [0.1, 0.15) is 11.8 Å². The molecule has 0 fully saturated rings. The van der Waals surface area contributed by atoms with Gasteiger partial charge in [0.05, 0.1) is 28.6 Å². The smallest absolute Gasteiger partial charge is 0.271 e. The summed E-state index contributed by atoms with van der Waals surface area (Å²) in [5.41, 5.74) is 3.60. The number of anilines is 1. The standard InChI is InChI=1S/C28H31BrN4O3S/c1-7-32(8-2)27(35)24-17(3)30-28-33(25(24)19-11-9-10-12-22(19)36-6)26(34)23(37-28)16-18-13-14-21(31(4)5)20(29)15-18/h9-16,25H,7-8H2,1-6H3/b23-16+/t25-/m0/s1. The Hall–Kier alpha value is -3.17. The van der Waals surface area contributed by atoms with Gasteiger partial charge in [-0.25, -0.2) is 4.99 Å². The van der Waals surface area contributed by atoms with Gasteiger partial charge in [-0.3, -0.25) is 14.2 Å². The van der Waals surface area contributed by atoms with Crippen LogP contribution in [0.3, 0.4) is 0 Å². The molecule has 1 atom stereocenters. The van der Waals surface area contributed by atoms with Gasteiger partial charge < -0.3 is 14.5 Å². The molecule has 9 heteroatoms. The third kappa shape index (κ3) is 5.02. The second-order valence-electron chi connectivity index (χ2n) is 8.91. The summed E-state index contributed by atoms with van der Waals surface area (Å²) < 4.78 is 8.80. The first-order chi connectivity index (χ1) is 17.7. The second-order valence-corrected chi connectivity index (χ2v) is 10.8. The van der Waals surface area contributed by atoms with Crippen molar-refractivity contribution in [1.29, 1.82) is 0 Å². The van der Waals surface area contributed by atoms with Crippen LogP contribution < -0.4 is 24.5 Å². The predicted molar refractivity (Wildman–Crippen MR) is 153 cm³/mol. The summed E-state index contributed by atoms with van der Waals surface area (Å²) in [6.07, 6.45) is 1.87. The number of benzene rings is 2. The van der Waals surface area contributed by atoms with E-state index in [2.05, 4.69) is 15.9 Å². The van der Waals surface area contributed by atoms with Crippen molar-refractivity contribution < 1.29 is 9.53 Å². The van der Waals surface area contributed by atoms with Crippen LogP contribution in [0.5, 0.6) is 5.75 Å². The third-order valence-electron chi connectivity index (χ3n) is 6.49. The molecular formula is C28H31BrN4O3S. The largest absolute Gasteiger partial charge is 0.496 e. The summed E-state index contributed by atoms with van der Waals surface area (Å²) >= 11 is 4.95. The van der Waals surface area contributed by atoms with Crippen molar-refractivity contribution in [2.24, 2.45) is 4.99 Å². The van der Waals surface area contributed by atoms with Crippen LogP contribution in [0.15, 0.2) is 68.0 Å². The minimum atomic E-state index is -0.648. The summed E-state index contributed by atoms with van der Waals surface area (Å²) in [5, 5.41) is 0. The number of rotatable bonds is 7. The highest BCUT2D eigenvalue weighted by molar-refractivity contribution is 9.10. The molecule has 1 amide bonds. The Morgan fingerprint density at radius 3 is 2.51 bits per heavy atom. The highest BCUT2D eigenvalue weighted by Gasteiger charge is 2.35. The number of nitrogens with zero attached hydrogens (tertiary/aromatic N) is 4. The van der Waals surface area contributed by atoms with Gasteiger partial charge in [0.2, 0.25) is 0 Å². The zero-order valence-electron chi connectivity index (χ0n) is 21.9. The number of methoxy groups -OCH3 is 1. The first-order valence-corrected chi connectivity index (χ1v) is 13.7. The first kappa shape index (κ1) is 26.9. The van der Waals surface area contributed by atoms with E-state index in [9.17, 15) is 9.59 Å². The summed E-state index contributed by atoms with van der Waals surface area (Å²) in [6, 6.07) is 12.9. The Morgan fingerprint density at radius 1 is 1.19 bits per heavy atom. The fraction of sp³-hybridized carbons (Fsp3) is 0.321. The van der Waals surface area contributed by atoms with E-state index in [0.717, 1.165) is 21.3 Å². The number of aromatic nitrogens is 1. The molecular weight excluding hydrogens is 552 g/mol. The lowest BCUT2D eigenvalue weighted by Gasteiger charge is -2.29. The molecule has 1 aromatic heterocycles. The number of carbonyl (C=O) groups is 1. The van der Waals surface area contributed by atoms with Crippen molar-refractivity contribution in [3.63, 3.8) is 0 Å². The minimum Gasteiger partial charge on any atom is -0.496 e. The molecule has 0 bridgehead atoms. The number of hydrogen-bond acceptors (Lipinski definition) is 6. The molecule has 0 unspecified atom stereocenters. The van der Waals surface area contributed by atoms with Crippen LogP contribution in [0.1, 0.15) is 37.9 Å². The lowest BCUT2D eigenvalue weighted by atomic mass is 9.94. The molecule has 1 aliphatic heterocycles. The molecule has 194 valence electrons. The van der Waals surface area contributed by atoms with Crippen molar-refractivity contribution >= 4 is 44.9 Å². The second kappa shape index (κ2) is 11.1. The molecule has 3 aromatic rings. The van der Waals surface area contributed by atoms with Crippen LogP contribution in [-0.4, -0.2) is 49.7 Å². The van der Waals surface area contributed by atoms with E-state index in [4.69, 9.17) is 9.73 Å². The van der Waals surface area contributed by atoms with E-state index in [1.165, 1.54) is 11.3 Å². The van der Waals surface area contributed by atoms with Gasteiger partial charge >= 0.3 is 0 Å². The van der Waals surface area contributed by atoms with Gasteiger partial charge in [-0.1, -0.05) is 35.6 Å². The van der Waals surface area contributed by atoms with E-state index in [1.807, 2.05) is 88.3 Å². The summed E-state index contributed by atoms with van der Waals surface area (Å²) in [6.45, 7) is 6.86. The molecule has 0 radical (unpaired) electrons. The third-order valence-corrected chi connectivity index (χ3v) is 8.11. The van der Waals surface area contributed by atoms with Crippen LogP contribution >= 0.6 is 27.3 Å². The number of thiazole rings is 1. The van der Waals surface area contributed by atoms with Crippen LogP contribution in [-0.2, 0) is 4.79 Å². The zero-order chi connectivity index (χ0) is 26.9. The molecule has 2 aromatic carbocycles. The molecule has 7 nitrogen and oxygen atoms in total. The molecule has 0 aliphatic carbocycles. The number of likely N-dealkylation sites (N-methyl/N-ethyl adjacent to an activating group) is 1. The summed E-state index contributed by atoms with van der Waals surface area (Å²) in [5.74, 6) is 0.490. The maximum absolute atomic E-state index is 13.9. The normalized spacial score (nSPS) is 15.3. The van der Waals surface area contributed by atoms with Crippen LogP contribution in [0.25, 0.3) is 6.08 Å². The van der Waals surface area contributed by atoms with Crippen LogP contribution in [0.4, 0.5) is 5.69 Å². The van der Waals surface area contributed by atoms with E-state index in [-0.39, 0.29) is 11.5 Å². The number of halogens is 1. The molecule has 0 saturated carbocycles. The van der Waals surface area contributed by atoms with Gasteiger partial charge in [0.15, 0.2) is 4.80 Å². The molecule has 2 heterocycles. The zero-order valence-corrected chi connectivity index (χ0v) is 24.3. The number of ether oxygens (including phenoxy) is 1. The first-order valence-electron chi connectivity index (χ1n) is 12.1. The van der Waals surface area contributed by atoms with Gasteiger partial charge in [-0.05, 0) is 66.5 Å². The highest BCUT2D eigenvalue weighted by Crippen LogP contribution is 2.36. The van der Waals surface area contributed by atoms with E-state index in [1.54, 1.807) is 16.6 Å². The SMILES string of the molecule is CCN(CC)C(=O)C1=C(C)N=c2s/c(=C/c3ccc(N(C)C)c(Br)c3)c(=O)n2[C@H]1c1ccccc1OC. The van der Waals surface area contributed by atoms with Crippen molar-refractivity contribution in [2.75, 3.05) is 39.2 Å². The predicted octanol–water partition coefficient (Wildman–Crippen LogP) is 3.94. The Labute approximate surface area is 229 Å². The number of amides is 1. The fourth-order valence-corrected chi connectivity index (χ4v) is 6.39. The molecule has 0 spiro atoms. The summed E-state index contributed by atoms with van der Waals surface area (Å²) in [7, 11) is 5.56. The minimum absolute atomic E-state index is 0.125. The molecule has 1 aliphatic rings. The fourth-order valence-electron chi connectivity index (χ4n) is 4.59. The number of allylic oxidation sites excluding steroid dienone is 1. The maximum atomic E-state index is 13.9. The lowest BCUT2D eigenvalue weighted by molar-refractivity contribution is -0.127. The Kier molecular flexibility index (Phi) is 8.04. The van der Waals surface area contributed by atoms with Crippen molar-refractivity contribution in [1.82, 2.24) is 9.47 Å². The molecule has 0 N–H and O–H groups in total. The monoisotopic (exact) mass is 582 g/mol. The highest BCUT2D eigenvalue weighted by atomic mass is 79.9. The average molecular weight is 584 g/mol. The van der Waals surface area contributed by atoms with Gasteiger partial charge in [0.25, 0.3) is 11.5 Å². The van der Waals surface area contributed by atoms with Crippen molar-refractivity contribution in [3.8, 4) is 5.75 Å². The molecule has 0 saturated heterocycles. The van der Waals surface area contributed by atoms with Crippen LogP contribution in [0.2, 0.25) is 0 Å². The Balaban J connectivity index is 1.96. The van der Waals surface area contributed by atoms with E-state index >= 15 is 0 Å². The molecule has 4 rings (SSSR count). The van der Waals surface area contributed by atoms with Gasteiger partial charge in [0, 0.05) is 37.2 Å². The van der Waals surface area contributed by atoms with Gasteiger partial charge in [-0.15, -0.1) is 0 Å². The average Bonchev–Trinajstić information content (AvgIpc) is 3.17. The number of hydrogen-bond donors (Lipinski definition) is 0. The maximum Gasteiger partial charge on any atom is 0.271 e. The Bertz CT molecular complexity index is 1550.